The van der Waals surface area contributed by atoms with Gasteiger partial charge in [-0.2, -0.15) is 0 Å². The number of aliphatic hydroxyl groups is 1. The van der Waals surface area contributed by atoms with Crippen molar-refractivity contribution in [1.29, 1.82) is 0 Å². The maximum atomic E-state index is 14.0. The monoisotopic (exact) mass is 804 g/mol. The number of likely N-dealkylation sites (tertiary alicyclic amines) is 1. The Morgan fingerprint density at radius 3 is 1.88 bits per heavy atom. The summed E-state index contributed by atoms with van der Waals surface area (Å²) in [4.78, 5) is 58.8. The van der Waals surface area contributed by atoms with E-state index in [0.29, 0.717) is 13.1 Å². The first kappa shape index (κ1) is 40.3. The molecule has 2 aliphatic carbocycles. The molecule has 2 aromatic heterocycles. The number of hydrogen-bond donors (Lipinski definition) is 5. The number of nitrogens with one attached hydrogen (secondary N) is 4. The molecule has 3 fully saturated rings. The first-order valence-corrected chi connectivity index (χ1v) is 21.2. The number of aromatic amines is 2. The molecule has 14 nitrogen and oxygen atoms in total. The highest BCUT2D eigenvalue weighted by Gasteiger charge is 2.41. The lowest BCUT2D eigenvalue weighted by molar-refractivity contribution is -0.136. The average Bonchev–Trinajstić information content (AvgIpc) is 4.14. The summed E-state index contributed by atoms with van der Waals surface area (Å²) in [5.74, 6) is 1.70. The Labute approximate surface area is 345 Å². The summed E-state index contributed by atoms with van der Waals surface area (Å²) in [6, 6.07) is 15.2. The van der Waals surface area contributed by atoms with E-state index in [1.54, 1.807) is 0 Å². The number of ether oxygens (including phenoxy) is 2. The van der Waals surface area contributed by atoms with E-state index < -0.39 is 30.5 Å². The fourth-order valence-corrected chi connectivity index (χ4v) is 9.71. The third-order valence-corrected chi connectivity index (χ3v) is 12.9. The Morgan fingerprint density at radius 2 is 1.25 bits per heavy atom. The summed E-state index contributed by atoms with van der Waals surface area (Å²) in [6.45, 7) is 1.17. The molecular formula is C45H56N8O6. The quantitative estimate of drug-likeness (QED) is 0.0924. The topological polar surface area (TPSA) is 178 Å². The lowest BCUT2D eigenvalue weighted by atomic mass is 9.83. The van der Waals surface area contributed by atoms with Gasteiger partial charge in [0.15, 0.2) is 0 Å². The van der Waals surface area contributed by atoms with Gasteiger partial charge in [-0.15, -0.1) is 0 Å². The van der Waals surface area contributed by atoms with Crippen LogP contribution in [0.5, 0.6) is 0 Å². The number of aromatic nitrogens is 4. The largest absolute Gasteiger partial charge is 0.453 e. The third kappa shape index (κ3) is 8.79. The van der Waals surface area contributed by atoms with Gasteiger partial charge in [0.25, 0.3) is 0 Å². The van der Waals surface area contributed by atoms with Gasteiger partial charge in [0.2, 0.25) is 5.91 Å². The molecule has 0 radical (unpaired) electrons. The van der Waals surface area contributed by atoms with Crippen molar-refractivity contribution in [1.82, 2.24) is 40.4 Å². The van der Waals surface area contributed by atoms with E-state index in [1.807, 2.05) is 34.3 Å². The molecule has 1 unspecified atom stereocenters. The van der Waals surface area contributed by atoms with Gasteiger partial charge in [-0.3, -0.25) is 9.69 Å². The van der Waals surface area contributed by atoms with E-state index in [9.17, 15) is 19.5 Å². The van der Waals surface area contributed by atoms with Gasteiger partial charge < -0.3 is 40.1 Å². The second-order valence-corrected chi connectivity index (χ2v) is 16.4. The van der Waals surface area contributed by atoms with Crippen LogP contribution in [-0.4, -0.2) is 98.6 Å². The maximum absolute atomic E-state index is 14.0. The van der Waals surface area contributed by atoms with Crippen molar-refractivity contribution >= 4 is 18.1 Å². The number of rotatable bonds is 12. The molecule has 3 amide bonds. The van der Waals surface area contributed by atoms with Gasteiger partial charge >= 0.3 is 12.2 Å². The van der Waals surface area contributed by atoms with Gasteiger partial charge in [0.1, 0.15) is 23.9 Å². The summed E-state index contributed by atoms with van der Waals surface area (Å²) < 4.78 is 9.79. The minimum Gasteiger partial charge on any atom is -0.453 e. The molecule has 4 aromatic rings. The number of benzene rings is 2. The maximum Gasteiger partial charge on any atom is 0.407 e. The summed E-state index contributed by atoms with van der Waals surface area (Å²) in [6.07, 6.45) is 16.6. The zero-order valence-corrected chi connectivity index (χ0v) is 33.9. The second-order valence-electron chi connectivity index (χ2n) is 16.4. The van der Waals surface area contributed by atoms with Gasteiger partial charge in [0, 0.05) is 13.1 Å². The molecule has 0 bridgehead atoms. The van der Waals surface area contributed by atoms with E-state index in [1.165, 1.54) is 14.2 Å². The highest BCUT2D eigenvalue weighted by molar-refractivity contribution is 5.86. The molecule has 5 atom stereocenters. The molecule has 8 rings (SSSR count). The third-order valence-electron chi connectivity index (χ3n) is 12.9. The molecule has 5 N–H and O–H groups in total. The minimum atomic E-state index is -0.901. The van der Waals surface area contributed by atoms with Gasteiger partial charge in [-0.05, 0) is 72.6 Å². The van der Waals surface area contributed by atoms with Crippen molar-refractivity contribution in [2.75, 3.05) is 27.3 Å². The summed E-state index contributed by atoms with van der Waals surface area (Å²) in [7, 11) is 2.68. The highest BCUT2D eigenvalue weighted by atomic mass is 16.5. The van der Waals surface area contributed by atoms with Crippen molar-refractivity contribution in [3.05, 3.63) is 84.7 Å². The molecule has 2 aliphatic heterocycles. The van der Waals surface area contributed by atoms with Crippen LogP contribution in [0.15, 0.2) is 73.1 Å². The van der Waals surface area contributed by atoms with Crippen LogP contribution in [0, 0.1) is 11.8 Å². The Hall–Kier alpha value is -5.47. The van der Waals surface area contributed by atoms with Crippen LogP contribution < -0.4 is 10.6 Å². The number of hydrogen-bond acceptors (Lipinski definition) is 9. The van der Waals surface area contributed by atoms with Crippen molar-refractivity contribution in [3.8, 4) is 33.6 Å². The van der Waals surface area contributed by atoms with Crippen LogP contribution in [0.25, 0.3) is 33.6 Å². The van der Waals surface area contributed by atoms with E-state index >= 15 is 0 Å². The molecular weight excluding hydrogens is 749 g/mol. The normalized spacial score (nSPS) is 21.6. The van der Waals surface area contributed by atoms with Crippen LogP contribution >= 0.6 is 0 Å². The molecule has 14 heteroatoms. The first-order valence-electron chi connectivity index (χ1n) is 21.2. The second kappa shape index (κ2) is 18.2. The Morgan fingerprint density at radius 1 is 0.712 bits per heavy atom. The van der Waals surface area contributed by atoms with Crippen LogP contribution in [0.3, 0.4) is 0 Å². The molecule has 4 aliphatic rings. The lowest BCUT2D eigenvalue weighted by Crippen LogP contribution is -2.54. The standard InChI is InChI=1S/C45H56N8O6/c1-58-44(56)50-38(32-10-4-3-5-11-32)42(54)52-24-8-14-36(52)40-46-26-34(48-40)30-20-16-28(17-21-30)29-18-22-31(23-19-29)35-27-47-41(49-35)37-15-9-25-53(37)43(55)39(51-45(57)59-2)33-12-6-7-13-33/h9,15-23,26-27,32-33,36-39,43,55H,3-8,10-14,24-25H2,1-2H3,(H,46,48)(H,47,49)(H,50,56)(H,51,57)/t36-,37-,38-,39-,43?/m0/s1. The average molecular weight is 805 g/mol. The number of imidazole rings is 2. The van der Waals surface area contributed by atoms with Gasteiger partial charge in [0.05, 0.1) is 56.1 Å². The van der Waals surface area contributed by atoms with E-state index in [2.05, 4.69) is 69.1 Å². The van der Waals surface area contributed by atoms with Crippen molar-refractivity contribution in [2.45, 2.75) is 101 Å². The summed E-state index contributed by atoms with van der Waals surface area (Å²) in [5, 5.41) is 17.4. The molecule has 2 aromatic carbocycles. The Kier molecular flexibility index (Phi) is 12.4. The van der Waals surface area contributed by atoms with Crippen molar-refractivity contribution in [2.24, 2.45) is 11.8 Å². The Balaban J connectivity index is 0.913. The number of carbonyl (C=O) groups excluding carboxylic acids is 3. The molecule has 4 heterocycles. The van der Waals surface area contributed by atoms with Gasteiger partial charge in [-0.25, -0.2) is 19.6 Å². The molecule has 312 valence electrons. The highest BCUT2D eigenvalue weighted by Crippen LogP contribution is 2.37. The van der Waals surface area contributed by atoms with Crippen molar-refractivity contribution in [3.63, 3.8) is 0 Å². The Bertz CT molecular complexity index is 2080. The number of H-pyrrole nitrogens is 2. The predicted octanol–water partition coefficient (Wildman–Crippen LogP) is 7.25. The van der Waals surface area contributed by atoms with E-state index in [0.717, 1.165) is 116 Å². The number of amides is 3. The summed E-state index contributed by atoms with van der Waals surface area (Å²) >= 11 is 0. The number of methoxy groups -OCH3 is 2. The smallest absolute Gasteiger partial charge is 0.407 e. The number of aliphatic hydroxyl groups excluding tert-OH is 1. The van der Waals surface area contributed by atoms with Gasteiger partial charge in [-0.1, -0.05) is 92.8 Å². The molecule has 1 saturated heterocycles. The fraction of sp³-hybridized carbons (Fsp3) is 0.489. The van der Waals surface area contributed by atoms with Crippen LogP contribution in [-0.2, 0) is 14.3 Å². The number of alkyl carbamates (subject to hydrolysis) is 2. The summed E-state index contributed by atoms with van der Waals surface area (Å²) in [5.41, 5.74) is 5.88. The van der Waals surface area contributed by atoms with Crippen LogP contribution in [0.1, 0.15) is 94.4 Å². The zero-order chi connectivity index (χ0) is 40.9. The number of carbonyl (C=O) groups is 3. The first-order chi connectivity index (χ1) is 28.8. The molecule has 59 heavy (non-hydrogen) atoms. The van der Waals surface area contributed by atoms with E-state index in [4.69, 9.17) is 19.4 Å². The number of nitrogens with zero attached hydrogens (tertiary/aromatic N) is 4. The molecule has 0 spiro atoms. The van der Waals surface area contributed by atoms with Crippen molar-refractivity contribution < 1.29 is 29.0 Å². The van der Waals surface area contributed by atoms with E-state index in [-0.39, 0.29) is 29.8 Å². The predicted molar refractivity (Wildman–Crippen MR) is 223 cm³/mol. The van der Waals surface area contributed by atoms with Crippen LogP contribution in [0.2, 0.25) is 0 Å². The fourth-order valence-electron chi connectivity index (χ4n) is 9.71. The zero-order valence-electron chi connectivity index (χ0n) is 33.9. The van der Waals surface area contributed by atoms with Crippen LogP contribution in [0.4, 0.5) is 9.59 Å². The minimum absolute atomic E-state index is 0.0576. The molecule has 2 saturated carbocycles. The SMILES string of the molecule is COC(=O)N[C@@H](C1CCCC1)C(O)N1CC=C[C@H]1c1ncc(-c2ccc(-c3ccc(-c4cnc([C@@H]5CCCN5C(=O)[C@@H](NC(=O)OC)C5CCCCC5)[nH]4)cc3)cc2)[nH]1. The lowest BCUT2D eigenvalue weighted by Gasteiger charge is -2.36.